The molecule has 0 saturated heterocycles. The molecule has 0 fully saturated rings. The molecule has 0 aliphatic carbocycles. The van der Waals surface area contributed by atoms with Gasteiger partial charge >= 0.3 is 0 Å². The molecule has 110 valence electrons. The van der Waals surface area contributed by atoms with Gasteiger partial charge in [-0.3, -0.25) is 0 Å². The fraction of sp³-hybridized carbons (Fsp3) is 1.00. The van der Waals surface area contributed by atoms with Crippen molar-refractivity contribution in [2.45, 2.75) is 70.8 Å². The Kier molecular flexibility index (Phi) is 14.8. The lowest BCUT2D eigenvalue weighted by Crippen LogP contribution is -2.22. The van der Waals surface area contributed by atoms with Crippen molar-refractivity contribution in [2.75, 3.05) is 26.9 Å². The van der Waals surface area contributed by atoms with E-state index in [-0.39, 0.29) is 0 Å². The molecule has 0 rings (SSSR count). The molecule has 0 aliphatic rings. The zero-order valence-corrected chi connectivity index (χ0v) is 12.5. The van der Waals surface area contributed by atoms with Crippen molar-refractivity contribution in [1.82, 2.24) is 0 Å². The quantitative estimate of drug-likeness (QED) is 0.486. The molecule has 0 heterocycles. The van der Waals surface area contributed by atoms with E-state index in [1.807, 2.05) is 0 Å². The molecule has 2 N–H and O–H groups in total. The Balaban J connectivity index is 3.09. The minimum Gasteiger partial charge on any atom is -0.382 e. The molecule has 0 aromatic rings. The largest absolute Gasteiger partial charge is 0.382 e. The second-order valence-electron chi connectivity index (χ2n) is 5.06. The third kappa shape index (κ3) is 13.9. The van der Waals surface area contributed by atoms with Crippen LogP contribution in [0, 0.1) is 0 Å². The summed E-state index contributed by atoms with van der Waals surface area (Å²) in [5, 5.41) is 0. The molecule has 0 bridgehead atoms. The van der Waals surface area contributed by atoms with E-state index in [0.29, 0.717) is 19.3 Å². The molecule has 0 saturated carbocycles. The first-order valence-corrected chi connectivity index (χ1v) is 7.63. The van der Waals surface area contributed by atoms with Gasteiger partial charge in [-0.25, -0.2) is 0 Å². The van der Waals surface area contributed by atoms with E-state index in [2.05, 4.69) is 6.92 Å². The van der Waals surface area contributed by atoms with Crippen molar-refractivity contribution < 1.29 is 9.47 Å². The van der Waals surface area contributed by atoms with Crippen molar-refractivity contribution >= 4 is 0 Å². The van der Waals surface area contributed by atoms with Crippen LogP contribution in [-0.2, 0) is 9.47 Å². The maximum absolute atomic E-state index is 6.04. The van der Waals surface area contributed by atoms with Crippen molar-refractivity contribution in [3.63, 3.8) is 0 Å². The molecule has 18 heavy (non-hydrogen) atoms. The van der Waals surface area contributed by atoms with Gasteiger partial charge in [0.2, 0.25) is 0 Å². The fourth-order valence-electron chi connectivity index (χ4n) is 1.99. The molecule has 0 aromatic carbocycles. The minimum absolute atomic E-state index is 0.309. The molecule has 3 heteroatoms. The number of unbranched alkanes of at least 4 members (excludes halogenated alkanes) is 6. The number of nitrogens with two attached hydrogens (primary N) is 1. The molecule has 0 amide bonds. The first-order chi connectivity index (χ1) is 8.81. The Labute approximate surface area is 113 Å². The zero-order chi connectivity index (χ0) is 13.5. The fourth-order valence-corrected chi connectivity index (χ4v) is 1.99. The monoisotopic (exact) mass is 259 g/mol. The van der Waals surface area contributed by atoms with Crippen LogP contribution in [0.15, 0.2) is 0 Å². The summed E-state index contributed by atoms with van der Waals surface area (Å²) in [6, 6.07) is 0.309. The minimum atomic E-state index is 0.309. The number of hydrogen-bond donors (Lipinski definition) is 1. The molecular formula is C15H33NO2. The summed E-state index contributed by atoms with van der Waals surface area (Å²) in [5.41, 5.74) is 6.04. The van der Waals surface area contributed by atoms with Crippen molar-refractivity contribution in [1.29, 1.82) is 0 Å². The molecule has 3 nitrogen and oxygen atoms in total. The highest BCUT2D eigenvalue weighted by Gasteiger charge is 2.02. The van der Waals surface area contributed by atoms with Crippen LogP contribution in [0.4, 0.5) is 0 Å². The zero-order valence-electron chi connectivity index (χ0n) is 12.5. The van der Waals surface area contributed by atoms with Crippen LogP contribution in [0.25, 0.3) is 0 Å². The van der Waals surface area contributed by atoms with Crippen molar-refractivity contribution in [3.8, 4) is 0 Å². The van der Waals surface area contributed by atoms with Gasteiger partial charge in [-0.05, 0) is 12.8 Å². The lowest BCUT2D eigenvalue weighted by atomic mass is 10.0. The molecule has 0 radical (unpaired) electrons. The van der Waals surface area contributed by atoms with Gasteiger partial charge < -0.3 is 15.2 Å². The average Bonchev–Trinajstić information content (AvgIpc) is 2.37. The van der Waals surface area contributed by atoms with Crippen LogP contribution in [0.2, 0.25) is 0 Å². The number of methoxy groups -OCH3 is 1. The van der Waals surface area contributed by atoms with E-state index in [1.165, 1.54) is 44.9 Å². The van der Waals surface area contributed by atoms with Gasteiger partial charge in [0, 0.05) is 19.8 Å². The summed E-state index contributed by atoms with van der Waals surface area (Å²) in [5.74, 6) is 0. The van der Waals surface area contributed by atoms with Gasteiger partial charge in [-0.2, -0.15) is 0 Å². The predicted molar refractivity (Wildman–Crippen MR) is 77.9 cm³/mol. The van der Waals surface area contributed by atoms with Crippen LogP contribution in [0.5, 0.6) is 0 Å². The highest BCUT2D eigenvalue weighted by Crippen LogP contribution is 2.10. The number of ether oxygens (including phenoxy) is 2. The summed E-state index contributed by atoms with van der Waals surface area (Å²) >= 11 is 0. The maximum Gasteiger partial charge on any atom is 0.0700 e. The van der Waals surface area contributed by atoms with E-state index in [1.54, 1.807) is 7.11 Å². The second-order valence-corrected chi connectivity index (χ2v) is 5.06. The van der Waals surface area contributed by atoms with Gasteiger partial charge in [0.1, 0.15) is 0 Å². The summed E-state index contributed by atoms with van der Waals surface area (Å²) in [6.45, 7) is 4.38. The van der Waals surface area contributed by atoms with Gasteiger partial charge in [0.15, 0.2) is 0 Å². The SMILES string of the molecule is CCCCCCCCCC(N)CCOCCOC. The lowest BCUT2D eigenvalue weighted by Gasteiger charge is -2.11. The molecular weight excluding hydrogens is 226 g/mol. The van der Waals surface area contributed by atoms with Crippen LogP contribution in [-0.4, -0.2) is 33.0 Å². The molecule has 0 aromatic heterocycles. The van der Waals surface area contributed by atoms with Gasteiger partial charge in [-0.15, -0.1) is 0 Å². The van der Waals surface area contributed by atoms with E-state index in [4.69, 9.17) is 15.2 Å². The molecule has 1 atom stereocenters. The highest BCUT2D eigenvalue weighted by atomic mass is 16.5. The van der Waals surface area contributed by atoms with Crippen molar-refractivity contribution in [3.05, 3.63) is 0 Å². The maximum atomic E-state index is 6.04. The Hall–Kier alpha value is -0.120. The third-order valence-electron chi connectivity index (χ3n) is 3.24. The normalized spacial score (nSPS) is 12.8. The van der Waals surface area contributed by atoms with Crippen LogP contribution in [0.3, 0.4) is 0 Å². The standard InChI is InChI=1S/C15H33NO2/c1-3-4-5-6-7-8-9-10-15(16)11-12-18-14-13-17-2/h15H,3-14,16H2,1-2H3. The average molecular weight is 259 g/mol. The van der Waals surface area contributed by atoms with Crippen LogP contribution >= 0.6 is 0 Å². The third-order valence-corrected chi connectivity index (χ3v) is 3.24. The molecule has 0 spiro atoms. The van der Waals surface area contributed by atoms with Gasteiger partial charge in [0.05, 0.1) is 13.2 Å². The first kappa shape index (κ1) is 17.9. The number of hydrogen-bond acceptors (Lipinski definition) is 3. The summed E-state index contributed by atoms with van der Waals surface area (Å²) in [7, 11) is 1.69. The van der Waals surface area contributed by atoms with Crippen molar-refractivity contribution in [2.24, 2.45) is 5.73 Å². The first-order valence-electron chi connectivity index (χ1n) is 7.63. The Bertz CT molecular complexity index is 153. The lowest BCUT2D eigenvalue weighted by molar-refractivity contribution is 0.0668. The van der Waals surface area contributed by atoms with E-state index in [9.17, 15) is 0 Å². The molecule has 1 unspecified atom stereocenters. The topological polar surface area (TPSA) is 44.5 Å². The van der Waals surface area contributed by atoms with Gasteiger partial charge in [0.25, 0.3) is 0 Å². The Morgan fingerprint density at radius 3 is 2.17 bits per heavy atom. The summed E-state index contributed by atoms with van der Waals surface area (Å²) < 4.78 is 10.3. The number of rotatable bonds is 14. The van der Waals surface area contributed by atoms with E-state index in [0.717, 1.165) is 19.4 Å². The van der Waals surface area contributed by atoms with Gasteiger partial charge in [-0.1, -0.05) is 51.9 Å². The second kappa shape index (κ2) is 14.9. The Morgan fingerprint density at radius 1 is 0.833 bits per heavy atom. The predicted octanol–water partition coefficient (Wildman–Crippen LogP) is 3.51. The Morgan fingerprint density at radius 2 is 1.50 bits per heavy atom. The summed E-state index contributed by atoms with van der Waals surface area (Å²) in [6.07, 6.45) is 11.6. The van der Waals surface area contributed by atoms with Crippen LogP contribution in [0.1, 0.15) is 64.7 Å². The summed E-state index contributed by atoms with van der Waals surface area (Å²) in [4.78, 5) is 0. The van der Waals surface area contributed by atoms with E-state index >= 15 is 0 Å². The molecule has 0 aliphatic heterocycles. The smallest absolute Gasteiger partial charge is 0.0700 e. The van der Waals surface area contributed by atoms with E-state index < -0.39 is 0 Å². The highest BCUT2D eigenvalue weighted by molar-refractivity contribution is 4.61. The van der Waals surface area contributed by atoms with Crippen LogP contribution < -0.4 is 5.73 Å².